The first kappa shape index (κ1) is 15.8. The van der Waals surface area contributed by atoms with Crippen molar-refractivity contribution in [2.75, 3.05) is 0 Å². The summed E-state index contributed by atoms with van der Waals surface area (Å²) in [4.78, 5) is 0. The first-order valence-electron chi connectivity index (χ1n) is 1.82. The van der Waals surface area contributed by atoms with Crippen LogP contribution in [-0.4, -0.2) is 0 Å². The Hall–Kier alpha value is -0.0265. The van der Waals surface area contributed by atoms with Crippen LogP contribution in [0, 0.1) is 13.2 Å². The second-order valence-corrected chi connectivity index (χ2v) is 0.667. The molecule has 0 heterocycles. The first-order valence-corrected chi connectivity index (χ1v) is 1.82. The smallest absolute Gasteiger partial charge is 0.518 e. The third kappa shape index (κ3) is 134000. The van der Waals surface area contributed by atoms with Gasteiger partial charge in [0.05, 0.1) is 0 Å². The van der Waals surface area contributed by atoms with Crippen molar-refractivity contribution >= 4 is 0 Å². The van der Waals surface area contributed by atoms with Gasteiger partial charge in [0, 0.05) is 0 Å². The van der Waals surface area contributed by atoms with Crippen molar-refractivity contribution in [2.24, 2.45) is 0 Å². The average Bonchev–Trinajstić information content (AvgIpc) is 1.39. The Kier molecular flexibility index (Phi) is 85.4. The van der Waals surface area contributed by atoms with Gasteiger partial charge in [-0.05, 0) is 0 Å². The molecule has 0 saturated heterocycles. The summed E-state index contributed by atoms with van der Waals surface area (Å²) in [5.74, 6) is 0. The van der Waals surface area contributed by atoms with Crippen molar-refractivity contribution in [1.82, 2.24) is 0 Å². The maximum absolute atomic E-state index is 4.72. The van der Waals surface area contributed by atoms with Crippen molar-refractivity contribution in [1.29, 1.82) is 0 Å². The van der Waals surface area contributed by atoms with Crippen LogP contribution in [0.3, 0.4) is 0 Å². The van der Waals surface area contributed by atoms with Gasteiger partial charge in [-0.25, -0.2) is 0 Å². The van der Waals surface area contributed by atoms with Crippen LogP contribution in [0.25, 0.3) is 0 Å². The Morgan fingerprint density at radius 1 is 1.00 bits per heavy atom. The van der Waals surface area contributed by atoms with E-state index in [0.29, 0.717) is 0 Å². The molecule has 0 atom stereocenters. The maximum atomic E-state index is 4.72. The Labute approximate surface area is 56.2 Å². The molecule has 0 radical (unpaired) electrons. The zero-order valence-corrected chi connectivity index (χ0v) is 5.61. The molecule has 0 aromatic rings. The van der Waals surface area contributed by atoms with Crippen LogP contribution in [0.4, 0.5) is 0 Å². The van der Waals surface area contributed by atoms with Gasteiger partial charge < -0.3 is 13.2 Å². The maximum Gasteiger partial charge on any atom is 2.00 e. The molecule has 0 aliphatic heterocycles. The van der Waals surface area contributed by atoms with Crippen molar-refractivity contribution < 1.29 is 16.5 Å². The van der Waals surface area contributed by atoms with Crippen LogP contribution < -0.4 is 0 Å². The number of allylic oxidation sites excluding steroid dienone is 2. The molecule has 0 nitrogen and oxygen atoms in total. The summed E-state index contributed by atoms with van der Waals surface area (Å²) >= 11 is 0. The Balaban J connectivity index is -0.0000000400. The van der Waals surface area contributed by atoms with Gasteiger partial charge in [0.2, 0.25) is 0 Å². The van der Waals surface area contributed by atoms with Crippen molar-refractivity contribution in [3.63, 3.8) is 0 Å². The van der Waals surface area contributed by atoms with E-state index in [1.165, 1.54) is 12.2 Å². The molecule has 0 aromatic carbocycles. The van der Waals surface area contributed by atoms with E-state index < -0.39 is 0 Å². The molecule has 0 aromatic heterocycles. The van der Waals surface area contributed by atoms with E-state index in [0.717, 1.165) is 0 Å². The molecule has 0 amide bonds. The summed E-state index contributed by atoms with van der Waals surface area (Å²) < 4.78 is 0. The molecule has 0 rings (SSSR count). The summed E-state index contributed by atoms with van der Waals surface area (Å²) in [6.07, 6.45) is 3.00. The van der Waals surface area contributed by atoms with Crippen LogP contribution in [0.5, 0.6) is 0 Å². The molecular formula is C6H10Ni. The van der Waals surface area contributed by atoms with Gasteiger partial charge in [-0.2, -0.15) is 0 Å². The number of hydrogen-bond acceptors (Lipinski definition) is 0. The summed E-state index contributed by atoms with van der Waals surface area (Å²) in [5, 5.41) is 0. The topological polar surface area (TPSA) is 0 Å². The molecular weight excluding hydrogens is 131 g/mol. The largest absolute Gasteiger partial charge is 2.00 e. The van der Waals surface area contributed by atoms with Crippen molar-refractivity contribution in [2.45, 2.75) is 13.8 Å². The molecule has 0 unspecified atom stereocenters. The quantitative estimate of drug-likeness (QED) is 0.357. The van der Waals surface area contributed by atoms with Crippen LogP contribution >= 0.6 is 0 Å². The van der Waals surface area contributed by atoms with E-state index >= 15 is 0 Å². The van der Waals surface area contributed by atoms with E-state index in [1.54, 1.807) is 13.8 Å². The molecule has 0 aliphatic carbocycles. The fraction of sp³-hybridized carbons (Fsp3) is 0.333. The fourth-order valence-corrected chi connectivity index (χ4v) is 0. The molecule has 0 N–H and O–H groups in total. The second-order valence-electron chi connectivity index (χ2n) is 0.667. The average molecular weight is 141 g/mol. The van der Waals surface area contributed by atoms with Gasteiger partial charge in [-0.3, -0.25) is 12.2 Å². The minimum Gasteiger partial charge on any atom is -0.518 e. The Bertz CT molecular complexity index is 25.2. The molecule has 44 valence electrons. The minimum absolute atomic E-state index is 0. The van der Waals surface area contributed by atoms with Crippen LogP contribution in [0.2, 0.25) is 0 Å². The first-order chi connectivity index (χ1) is 2.83. The van der Waals surface area contributed by atoms with E-state index in [-0.39, 0.29) is 16.5 Å². The van der Waals surface area contributed by atoms with Gasteiger partial charge in [0.15, 0.2) is 0 Å². The van der Waals surface area contributed by atoms with Gasteiger partial charge >= 0.3 is 16.5 Å². The second kappa shape index (κ2) is 37.9. The minimum atomic E-state index is 0. The predicted octanol–water partition coefficient (Wildman–Crippen LogP) is 1.99. The van der Waals surface area contributed by atoms with Crippen molar-refractivity contribution in [3.05, 3.63) is 25.3 Å². The summed E-state index contributed by atoms with van der Waals surface area (Å²) in [7, 11) is 0. The molecule has 0 bridgehead atoms. The summed E-state index contributed by atoms with van der Waals surface area (Å²) in [6, 6.07) is 0. The molecule has 1 heteroatoms. The fourth-order valence-electron chi connectivity index (χ4n) is 0. The van der Waals surface area contributed by atoms with Crippen LogP contribution in [0.15, 0.2) is 12.2 Å². The monoisotopic (exact) mass is 140 g/mol. The zero-order chi connectivity index (χ0) is 5.41. The standard InChI is InChI=1S/2C3H5.Ni/c2*1-3-2;/h2*1,3H,2H3;/q2*-1;+2. The van der Waals surface area contributed by atoms with E-state index in [4.69, 9.17) is 13.2 Å². The van der Waals surface area contributed by atoms with E-state index in [9.17, 15) is 0 Å². The summed E-state index contributed by atoms with van der Waals surface area (Å²) in [6.45, 7) is 13.0. The predicted molar refractivity (Wildman–Crippen MR) is 29.1 cm³/mol. The van der Waals surface area contributed by atoms with Gasteiger partial charge in [0.25, 0.3) is 0 Å². The number of hydrogen-bond donors (Lipinski definition) is 0. The normalized spacial score (nSPS) is 3.71. The molecule has 0 saturated carbocycles. The SMILES string of the molecule is [CH-]=CC.[CH-]=CC.[Ni+2]. The van der Waals surface area contributed by atoms with E-state index in [1.807, 2.05) is 0 Å². The van der Waals surface area contributed by atoms with Gasteiger partial charge in [-0.1, -0.05) is 13.8 Å². The third-order valence-corrected chi connectivity index (χ3v) is 0. The zero-order valence-electron chi connectivity index (χ0n) is 4.63. The van der Waals surface area contributed by atoms with Gasteiger partial charge in [-0.15, -0.1) is 0 Å². The molecule has 0 fully saturated rings. The molecule has 0 spiro atoms. The molecule has 0 aliphatic rings. The Morgan fingerprint density at radius 3 is 1.00 bits per heavy atom. The van der Waals surface area contributed by atoms with Crippen molar-refractivity contribution in [3.8, 4) is 0 Å². The van der Waals surface area contributed by atoms with E-state index in [2.05, 4.69) is 0 Å². The van der Waals surface area contributed by atoms with Gasteiger partial charge in [0.1, 0.15) is 0 Å². The number of rotatable bonds is 0. The Morgan fingerprint density at radius 2 is 1.00 bits per heavy atom. The summed E-state index contributed by atoms with van der Waals surface area (Å²) in [5.41, 5.74) is 0. The molecule has 7 heavy (non-hydrogen) atoms. The third-order valence-electron chi connectivity index (χ3n) is 0. The van der Waals surface area contributed by atoms with Crippen LogP contribution in [0.1, 0.15) is 13.8 Å². The van der Waals surface area contributed by atoms with Crippen LogP contribution in [-0.2, 0) is 16.5 Å².